The monoisotopic (exact) mass is 376 g/mol. The number of carbonyl (C=O) groups is 1. The Balaban J connectivity index is 1.49. The van der Waals surface area contributed by atoms with E-state index in [9.17, 15) is 9.90 Å². The second-order valence-electron chi connectivity index (χ2n) is 5.90. The SMILES string of the molecule is COc1cc(C=NNC(=O)COc2ccc(-c3ccccc3)cc2)ccc1O. The number of rotatable bonds is 7. The zero-order valence-electron chi connectivity index (χ0n) is 15.3. The smallest absolute Gasteiger partial charge is 0.277 e. The van der Waals surface area contributed by atoms with Gasteiger partial charge in [-0.05, 0) is 47.0 Å². The van der Waals surface area contributed by atoms with Crippen LogP contribution in [0.25, 0.3) is 11.1 Å². The third kappa shape index (κ3) is 5.11. The van der Waals surface area contributed by atoms with Crippen LogP contribution in [-0.2, 0) is 4.79 Å². The van der Waals surface area contributed by atoms with E-state index in [1.807, 2.05) is 54.6 Å². The Morgan fingerprint density at radius 3 is 2.46 bits per heavy atom. The van der Waals surface area contributed by atoms with Crippen molar-refractivity contribution in [1.29, 1.82) is 0 Å². The van der Waals surface area contributed by atoms with E-state index in [2.05, 4.69) is 10.5 Å². The van der Waals surface area contributed by atoms with Crippen LogP contribution < -0.4 is 14.9 Å². The molecule has 0 aliphatic heterocycles. The minimum atomic E-state index is -0.380. The minimum Gasteiger partial charge on any atom is -0.504 e. The molecule has 0 saturated heterocycles. The van der Waals surface area contributed by atoms with Gasteiger partial charge in [-0.25, -0.2) is 5.43 Å². The molecular formula is C22H20N2O4. The zero-order chi connectivity index (χ0) is 19.8. The second-order valence-corrected chi connectivity index (χ2v) is 5.90. The molecule has 0 spiro atoms. The highest BCUT2D eigenvalue weighted by Crippen LogP contribution is 2.25. The molecular weight excluding hydrogens is 356 g/mol. The standard InChI is InChI=1S/C22H20N2O4/c1-27-21-13-16(7-12-20(21)25)14-23-24-22(26)15-28-19-10-8-18(9-11-19)17-5-3-2-4-6-17/h2-14,25H,15H2,1H3,(H,24,26). The molecule has 0 unspecified atom stereocenters. The maximum atomic E-state index is 11.9. The van der Waals surface area contributed by atoms with Gasteiger partial charge in [0.25, 0.3) is 5.91 Å². The molecule has 0 bridgehead atoms. The van der Waals surface area contributed by atoms with Gasteiger partial charge in [0, 0.05) is 0 Å². The number of phenolic OH excluding ortho intramolecular Hbond substituents is 1. The third-order valence-corrected chi connectivity index (χ3v) is 3.94. The maximum Gasteiger partial charge on any atom is 0.277 e. The predicted molar refractivity (Wildman–Crippen MR) is 108 cm³/mol. The van der Waals surface area contributed by atoms with Gasteiger partial charge in [-0.15, -0.1) is 0 Å². The van der Waals surface area contributed by atoms with E-state index in [4.69, 9.17) is 9.47 Å². The first-order valence-corrected chi connectivity index (χ1v) is 8.63. The van der Waals surface area contributed by atoms with Crippen molar-refractivity contribution < 1.29 is 19.4 Å². The first-order valence-electron chi connectivity index (χ1n) is 8.63. The molecule has 0 fully saturated rings. The predicted octanol–water partition coefficient (Wildman–Crippen LogP) is 3.60. The molecule has 3 aromatic carbocycles. The zero-order valence-corrected chi connectivity index (χ0v) is 15.3. The van der Waals surface area contributed by atoms with Gasteiger partial charge in [0.2, 0.25) is 0 Å². The first kappa shape index (κ1) is 19.0. The number of aromatic hydroxyl groups is 1. The lowest BCUT2D eigenvalue weighted by Crippen LogP contribution is -2.24. The summed E-state index contributed by atoms with van der Waals surface area (Å²) in [6, 6.07) is 22.3. The van der Waals surface area contributed by atoms with Gasteiger partial charge in [-0.2, -0.15) is 5.10 Å². The summed E-state index contributed by atoms with van der Waals surface area (Å²) >= 11 is 0. The number of phenols is 1. The van der Waals surface area contributed by atoms with Crippen LogP contribution in [0.4, 0.5) is 0 Å². The Morgan fingerprint density at radius 1 is 1.04 bits per heavy atom. The number of nitrogens with zero attached hydrogens (tertiary/aromatic N) is 1. The summed E-state index contributed by atoms with van der Waals surface area (Å²) in [5, 5.41) is 13.4. The van der Waals surface area contributed by atoms with E-state index in [1.54, 1.807) is 12.1 Å². The second kappa shape index (κ2) is 9.23. The number of hydrazone groups is 1. The summed E-state index contributed by atoms with van der Waals surface area (Å²) in [6.45, 7) is -0.152. The molecule has 0 aromatic heterocycles. The molecule has 0 radical (unpaired) electrons. The molecule has 3 aromatic rings. The van der Waals surface area contributed by atoms with E-state index in [0.29, 0.717) is 17.1 Å². The lowest BCUT2D eigenvalue weighted by atomic mass is 10.1. The third-order valence-electron chi connectivity index (χ3n) is 3.94. The van der Waals surface area contributed by atoms with Gasteiger partial charge in [-0.1, -0.05) is 42.5 Å². The summed E-state index contributed by atoms with van der Waals surface area (Å²) in [7, 11) is 1.46. The fraction of sp³-hybridized carbons (Fsp3) is 0.0909. The number of methoxy groups -OCH3 is 1. The number of hydrogen-bond acceptors (Lipinski definition) is 5. The number of hydrogen-bond donors (Lipinski definition) is 2. The summed E-state index contributed by atoms with van der Waals surface area (Å²) in [4.78, 5) is 11.9. The Labute approximate surface area is 163 Å². The van der Waals surface area contributed by atoms with Gasteiger partial charge in [0.1, 0.15) is 5.75 Å². The van der Waals surface area contributed by atoms with Gasteiger partial charge >= 0.3 is 0 Å². The van der Waals surface area contributed by atoms with Gasteiger partial charge < -0.3 is 14.6 Å². The van der Waals surface area contributed by atoms with Gasteiger partial charge in [0.15, 0.2) is 18.1 Å². The maximum absolute atomic E-state index is 11.9. The highest BCUT2D eigenvalue weighted by molar-refractivity contribution is 5.83. The van der Waals surface area contributed by atoms with Crippen molar-refractivity contribution in [3.8, 4) is 28.4 Å². The lowest BCUT2D eigenvalue weighted by molar-refractivity contribution is -0.123. The van der Waals surface area contributed by atoms with Crippen LogP contribution in [0.3, 0.4) is 0 Å². The molecule has 1 amide bonds. The molecule has 142 valence electrons. The van der Waals surface area contributed by atoms with Crippen molar-refractivity contribution in [3.63, 3.8) is 0 Å². The van der Waals surface area contributed by atoms with Crippen LogP contribution in [0.5, 0.6) is 17.2 Å². The highest BCUT2D eigenvalue weighted by Gasteiger charge is 2.04. The fourth-order valence-electron chi connectivity index (χ4n) is 2.51. The average Bonchev–Trinajstić information content (AvgIpc) is 2.74. The molecule has 2 N–H and O–H groups in total. The van der Waals surface area contributed by atoms with Crippen molar-refractivity contribution in [2.75, 3.05) is 13.7 Å². The molecule has 6 nitrogen and oxygen atoms in total. The molecule has 28 heavy (non-hydrogen) atoms. The Hall–Kier alpha value is -3.80. The topological polar surface area (TPSA) is 80.2 Å². The summed E-state index contributed by atoms with van der Waals surface area (Å²) in [5.41, 5.74) is 5.26. The van der Waals surface area contributed by atoms with E-state index in [0.717, 1.165) is 11.1 Å². The van der Waals surface area contributed by atoms with Crippen LogP contribution in [0, 0.1) is 0 Å². The Morgan fingerprint density at radius 2 is 1.75 bits per heavy atom. The number of carbonyl (C=O) groups excluding carboxylic acids is 1. The van der Waals surface area contributed by atoms with Crippen LogP contribution in [0.2, 0.25) is 0 Å². The van der Waals surface area contributed by atoms with Crippen LogP contribution >= 0.6 is 0 Å². The minimum absolute atomic E-state index is 0.0374. The summed E-state index contributed by atoms with van der Waals surface area (Å²) in [5.74, 6) is 0.587. The van der Waals surface area contributed by atoms with Crippen molar-refractivity contribution in [1.82, 2.24) is 5.43 Å². The number of amides is 1. The van der Waals surface area contributed by atoms with Gasteiger partial charge in [-0.3, -0.25) is 4.79 Å². The Bertz CT molecular complexity index is 954. The molecule has 0 heterocycles. The molecule has 0 atom stereocenters. The molecule has 0 aliphatic carbocycles. The van der Waals surface area contributed by atoms with Crippen molar-refractivity contribution >= 4 is 12.1 Å². The number of benzene rings is 3. The molecule has 0 saturated carbocycles. The van der Waals surface area contributed by atoms with Crippen molar-refractivity contribution in [2.24, 2.45) is 5.10 Å². The number of ether oxygens (including phenoxy) is 2. The van der Waals surface area contributed by atoms with Gasteiger partial charge in [0.05, 0.1) is 13.3 Å². The molecule has 6 heteroatoms. The van der Waals surface area contributed by atoms with Crippen LogP contribution in [0.1, 0.15) is 5.56 Å². The van der Waals surface area contributed by atoms with Crippen LogP contribution in [-0.4, -0.2) is 30.9 Å². The van der Waals surface area contributed by atoms with E-state index < -0.39 is 0 Å². The fourth-order valence-corrected chi connectivity index (χ4v) is 2.51. The van der Waals surface area contributed by atoms with E-state index in [-0.39, 0.29) is 18.3 Å². The molecule has 0 aliphatic rings. The highest BCUT2D eigenvalue weighted by atomic mass is 16.5. The van der Waals surface area contributed by atoms with Crippen molar-refractivity contribution in [2.45, 2.75) is 0 Å². The summed E-state index contributed by atoms with van der Waals surface area (Å²) < 4.78 is 10.5. The average molecular weight is 376 g/mol. The molecule has 3 rings (SSSR count). The Kier molecular flexibility index (Phi) is 6.25. The lowest BCUT2D eigenvalue weighted by Gasteiger charge is -2.07. The van der Waals surface area contributed by atoms with E-state index in [1.165, 1.54) is 19.4 Å². The number of nitrogens with one attached hydrogen (secondary N) is 1. The summed E-state index contributed by atoms with van der Waals surface area (Å²) in [6.07, 6.45) is 1.45. The van der Waals surface area contributed by atoms with Crippen LogP contribution in [0.15, 0.2) is 77.9 Å². The normalized spacial score (nSPS) is 10.6. The largest absolute Gasteiger partial charge is 0.504 e. The quantitative estimate of drug-likeness (QED) is 0.488. The van der Waals surface area contributed by atoms with Crippen molar-refractivity contribution in [3.05, 3.63) is 78.4 Å². The van der Waals surface area contributed by atoms with E-state index >= 15 is 0 Å². The first-order chi connectivity index (χ1) is 13.7.